The zero-order valence-corrected chi connectivity index (χ0v) is 15.8. The molecule has 0 aliphatic carbocycles. The number of anilines is 1. The summed E-state index contributed by atoms with van der Waals surface area (Å²) in [5.74, 6) is 0.865. The minimum absolute atomic E-state index is 0.144. The number of nitrogens with zero attached hydrogens (tertiary/aromatic N) is 2. The molecule has 1 atom stereocenters. The fourth-order valence-electron chi connectivity index (χ4n) is 3.58. The van der Waals surface area contributed by atoms with Gasteiger partial charge >= 0.3 is 0 Å². The number of halogens is 1. The van der Waals surface area contributed by atoms with E-state index < -0.39 is 5.54 Å². The lowest BCUT2D eigenvalue weighted by Gasteiger charge is -2.23. The highest BCUT2D eigenvalue weighted by Gasteiger charge is 2.39. The third-order valence-corrected chi connectivity index (χ3v) is 5.35. The molecule has 27 heavy (non-hydrogen) atoms. The molecule has 1 saturated heterocycles. The Kier molecular flexibility index (Phi) is 4.49. The number of carbonyl (C=O) groups excluding carboxylic acids is 1. The monoisotopic (exact) mass is 385 g/mol. The van der Waals surface area contributed by atoms with E-state index in [-0.39, 0.29) is 5.91 Å². The predicted octanol–water partition coefficient (Wildman–Crippen LogP) is 1.68. The highest BCUT2D eigenvalue weighted by molar-refractivity contribution is 6.30. The summed E-state index contributed by atoms with van der Waals surface area (Å²) in [6.07, 6.45) is 4.43. The third-order valence-electron chi connectivity index (χ3n) is 5.10. The Morgan fingerprint density at radius 3 is 3.00 bits per heavy atom. The van der Waals surface area contributed by atoms with E-state index in [1.54, 1.807) is 30.6 Å². The van der Waals surface area contributed by atoms with Crippen molar-refractivity contribution >= 4 is 34.4 Å². The Morgan fingerprint density at radius 1 is 1.44 bits per heavy atom. The van der Waals surface area contributed by atoms with Crippen LogP contribution in [0, 0.1) is 6.92 Å². The second-order valence-electron chi connectivity index (χ2n) is 7.17. The van der Waals surface area contributed by atoms with Crippen molar-refractivity contribution in [3.8, 4) is 0 Å². The molecular formula is C19H22ClN6O+. The molecule has 0 radical (unpaired) electrons. The van der Waals surface area contributed by atoms with Gasteiger partial charge in [-0.1, -0.05) is 16.6 Å². The molecule has 140 valence electrons. The molecule has 0 bridgehead atoms. The van der Waals surface area contributed by atoms with E-state index in [0.717, 1.165) is 35.4 Å². The van der Waals surface area contributed by atoms with Gasteiger partial charge in [-0.2, -0.15) is 0 Å². The van der Waals surface area contributed by atoms with Crippen LogP contribution < -0.4 is 20.9 Å². The molecule has 0 spiro atoms. The van der Waals surface area contributed by atoms with Gasteiger partial charge in [0.15, 0.2) is 0 Å². The van der Waals surface area contributed by atoms with Gasteiger partial charge in [0.2, 0.25) is 17.8 Å². The van der Waals surface area contributed by atoms with Crippen molar-refractivity contribution in [3.05, 3.63) is 52.9 Å². The first-order valence-electron chi connectivity index (χ1n) is 8.87. The van der Waals surface area contributed by atoms with Gasteiger partial charge in [-0.3, -0.25) is 9.69 Å². The lowest BCUT2D eigenvalue weighted by molar-refractivity contribution is -0.366. The summed E-state index contributed by atoms with van der Waals surface area (Å²) in [4.78, 5) is 25.3. The quantitative estimate of drug-likeness (QED) is 0.635. The van der Waals surface area contributed by atoms with Gasteiger partial charge in [0.25, 0.3) is 5.91 Å². The molecule has 3 aromatic rings. The number of aryl methyl sites for hydroxylation is 1. The van der Waals surface area contributed by atoms with Crippen LogP contribution in [0.5, 0.6) is 0 Å². The van der Waals surface area contributed by atoms with Crippen molar-refractivity contribution in [2.45, 2.75) is 18.9 Å². The first-order chi connectivity index (χ1) is 13.0. The Bertz CT molecular complexity index is 986. The molecular weight excluding hydrogens is 364 g/mol. The van der Waals surface area contributed by atoms with E-state index in [1.165, 1.54) is 0 Å². The average Bonchev–Trinajstić information content (AvgIpc) is 3.24. The van der Waals surface area contributed by atoms with Crippen molar-refractivity contribution in [3.63, 3.8) is 0 Å². The molecule has 1 aromatic carbocycles. The number of aromatic nitrogens is 3. The van der Waals surface area contributed by atoms with E-state index in [9.17, 15) is 4.79 Å². The van der Waals surface area contributed by atoms with Crippen LogP contribution in [0.3, 0.4) is 0 Å². The summed E-state index contributed by atoms with van der Waals surface area (Å²) in [7, 11) is 0. The molecule has 7 nitrogen and oxygen atoms in total. The molecule has 0 saturated carbocycles. The Morgan fingerprint density at radius 2 is 2.22 bits per heavy atom. The van der Waals surface area contributed by atoms with E-state index in [4.69, 9.17) is 17.3 Å². The van der Waals surface area contributed by atoms with Gasteiger partial charge in [0, 0.05) is 29.7 Å². The number of nitrogens with one attached hydrogen (secondary N) is 3. The maximum absolute atomic E-state index is 12.3. The average molecular weight is 386 g/mol. The summed E-state index contributed by atoms with van der Waals surface area (Å²) in [5, 5.41) is 4.63. The molecule has 1 fully saturated rings. The number of aromatic amines is 2. The fraction of sp³-hybridized carbons (Fsp3) is 0.316. The number of nitrogens with two attached hydrogens (primary N) is 1. The van der Waals surface area contributed by atoms with Gasteiger partial charge in [0.1, 0.15) is 5.39 Å². The normalized spacial score (nSPS) is 19.6. The zero-order valence-electron chi connectivity index (χ0n) is 15.1. The standard InChI is InChI=1S/C19H21ClN6O/c1-12-8-22-16-15(12)17(25-11-24-16)26-7-6-19(21,10-26)9-23-18(27)13-2-4-14(20)5-3-13/h2-5,8,11H,6-7,9-10,21H2,1H3,(H,23,27)(H,22,24,25)/p+1/t19-/m0/s1. The second-order valence-corrected chi connectivity index (χ2v) is 7.61. The van der Waals surface area contributed by atoms with Crippen LogP contribution in [-0.2, 0) is 0 Å². The van der Waals surface area contributed by atoms with Gasteiger partial charge in [-0.15, -0.1) is 0 Å². The Labute approximate surface area is 161 Å². The lowest BCUT2D eigenvalue weighted by Crippen LogP contribution is -2.52. The smallest absolute Gasteiger partial charge is 0.251 e. The lowest BCUT2D eigenvalue weighted by atomic mass is 10.00. The molecule has 5 N–H and O–H groups in total. The first-order valence-corrected chi connectivity index (χ1v) is 9.25. The summed E-state index contributed by atoms with van der Waals surface area (Å²) in [6.45, 7) is 3.92. The van der Waals surface area contributed by atoms with Crippen molar-refractivity contribution in [2.24, 2.45) is 5.73 Å². The van der Waals surface area contributed by atoms with Crippen LogP contribution in [0.4, 0.5) is 5.82 Å². The number of amides is 1. The Hall–Kier alpha value is -2.64. The molecule has 3 heterocycles. The number of carbonyl (C=O) groups is 1. The maximum atomic E-state index is 12.3. The number of hydrogen-bond donors (Lipinski definition) is 3. The van der Waals surface area contributed by atoms with Gasteiger partial charge in [-0.05, 0) is 36.8 Å². The summed E-state index contributed by atoms with van der Waals surface area (Å²) >= 11 is 5.87. The van der Waals surface area contributed by atoms with Crippen LogP contribution in [0.15, 0.2) is 36.8 Å². The van der Waals surface area contributed by atoms with Crippen molar-refractivity contribution in [1.82, 2.24) is 15.3 Å². The summed E-state index contributed by atoms with van der Waals surface area (Å²) in [5.41, 5.74) is 8.65. The first kappa shape index (κ1) is 17.8. The van der Waals surface area contributed by atoms with Gasteiger partial charge in [-0.25, -0.2) is 4.98 Å². The van der Waals surface area contributed by atoms with E-state index >= 15 is 0 Å². The van der Waals surface area contributed by atoms with E-state index in [1.807, 2.05) is 6.20 Å². The molecule has 8 heteroatoms. The molecule has 1 aliphatic heterocycles. The van der Waals surface area contributed by atoms with E-state index in [0.29, 0.717) is 23.7 Å². The Balaban J connectivity index is 1.45. The highest BCUT2D eigenvalue weighted by Crippen LogP contribution is 2.28. The van der Waals surface area contributed by atoms with Crippen LogP contribution >= 0.6 is 11.6 Å². The molecule has 1 amide bonds. The number of rotatable bonds is 4. The minimum atomic E-state index is -0.490. The molecule has 0 unspecified atom stereocenters. The van der Waals surface area contributed by atoms with Crippen molar-refractivity contribution in [2.75, 3.05) is 24.5 Å². The predicted molar refractivity (Wildman–Crippen MR) is 105 cm³/mol. The number of benzene rings is 1. The molecule has 4 rings (SSSR count). The van der Waals surface area contributed by atoms with E-state index in [2.05, 4.69) is 32.1 Å². The van der Waals surface area contributed by atoms with Gasteiger partial charge < -0.3 is 16.0 Å². The van der Waals surface area contributed by atoms with Crippen LogP contribution in [-0.4, -0.2) is 41.0 Å². The molecule has 2 aromatic heterocycles. The number of H-pyrrole nitrogens is 2. The SMILES string of the molecule is Cc1c[nH]c2nc[nH+]c(N3CC[C@](N)(CNC(=O)c4ccc(Cl)cc4)C3)c12. The fourth-order valence-corrected chi connectivity index (χ4v) is 3.70. The minimum Gasteiger partial charge on any atom is -0.350 e. The van der Waals surface area contributed by atoms with Crippen LogP contribution in [0.2, 0.25) is 5.02 Å². The highest BCUT2D eigenvalue weighted by atomic mass is 35.5. The summed E-state index contributed by atoms with van der Waals surface area (Å²) < 4.78 is 0. The topological polar surface area (TPSA) is 101 Å². The number of hydrogen-bond acceptors (Lipinski definition) is 4. The maximum Gasteiger partial charge on any atom is 0.251 e. The largest absolute Gasteiger partial charge is 0.350 e. The van der Waals surface area contributed by atoms with Crippen molar-refractivity contribution in [1.29, 1.82) is 0 Å². The number of fused-ring (bicyclic) bond motifs is 1. The van der Waals surface area contributed by atoms with Crippen molar-refractivity contribution < 1.29 is 9.78 Å². The summed E-state index contributed by atoms with van der Waals surface area (Å²) in [6, 6.07) is 6.82. The van der Waals surface area contributed by atoms with Crippen LogP contribution in [0.25, 0.3) is 11.0 Å². The molecule has 1 aliphatic rings. The third kappa shape index (κ3) is 3.48. The van der Waals surface area contributed by atoms with Gasteiger partial charge in [0.05, 0.1) is 18.6 Å². The zero-order chi connectivity index (χ0) is 19.0. The van der Waals surface area contributed by atoms with Crippen LogP contribution in [0.1, 0.15) is 22.3 Å². The second kappa shape index (κ2) is 6.83.